The number of benzene rings is 4. The van der Waals surface area contributed by atoms with Gasteiger partial charge in [-0.05, 0) is 34.9 Å². The standard InChI is InChI=1S/C30H25N5OS/c1-20-11-13-23(14-12-20)29-31-30(33-32-29)37-19-28(36)35-27(22-8-3-2-4-9-22)18-26(34-35)25-16-15-21-7-5-6-10-24(21)17-25/h2-17,27H,18-19H2,1H3,(H,31,32,33)/t27-/m0/s1. The van der Waals surface area contributed by atoms with E-state index < -0.39 is 0 Å². The molecule has 1 N–H and O–H groups in total. The summed E-state index contributed by atoms with van der Waals surface area (Å²) in [6, 6.07) is 32.7. The van der Waals surface area contributed by atoms with E-state index in [1.54, 1.807) is 5.01 Å². The van der Waals surface area contributed by atoms with Crippen molar-refractivity contribution in [3.05, 3.63) is 114 Å². The number of hydrogen-bond donors (Lipinski definition) is 1. The van der Waals surface area contributed by atoms with Gasteiger partial charge in [0.2, 0.25) is 5.16 Å². The van der Waals surface area contributed by atoms with Gasteiger partial charge in [-0.1, -0.05) is 108 Å². The molecule has 0 saturated heterocycles. The molecule has 1 aliphatic heterocycles. The molecule has 6 nitrogen and oxygen atoms in total. The highest BCUT2D eigenvalue weighted by Crippen LogP contribution is 2.34. The van der Waals surface area contributed by atoms with Gasteiger partial charge in [-0.15, -0.1) is 5.10 Å². The molecule has 182 valence electrons. The van der Waals surface area contributed by atoms with Gasteiger partial charge in [-0.2, -0.15) is 5.10 Å². The van der Waals surface area contributed by atoms with Gasteiger partial charge in [0.1, 0.15) is 0 Å². The number of carbonyl (C=O) groups is 1. The summed E-state index contributed by atoms with van der Waals surface area (Å²) in [7, 11) is 0. The first kappa shape index (κ1) is 23.2. The number of thioether (sulfide) groups is 1. The van der Waals surface area contributed by atoms with Crippen LogP contribution in [0.2, 0.25) is 0 Å². The SMILES string of the molecule is Cc1ccc(-c2nc(SCC(=O)N3N=C(c4ccc5ccccc5c4)C[C@H]3c3ccccc3)n[nH]2)cc1. The molecule has 0 radical (unpaired) electrons. The Bertz CT molecular complexity index is 1590. The number of fused-ring (bicyclic) bond motifs is 1. The summed E-state index contributed by atoms with van der Waals surface area (Å²) < 4.78 is 0. The summed E-state index contributed by atoms with van der Waals surface area (Å²) in [5.74, 6) is 0.814. The van der Waals surface area contributed by atoms with E-state index in [1.165, 1.54) is 22.7 Å². The van der Waals surface area contributed by atoms with E-state index >= 15 is 0 Å². The monoisotopic (exact) mass is 503 g/mol. The molecular formula is C30H25N5OS. The Balaban J connectivity index is 1.23. The number of hydrogen-bond acceptors (Lipinski definition) is 5. The molecule has 1 atom stereocenters. The minimum atomic E-state index is -0.147. The smallest absolute Gasteiger partial charge is 0.253 e. The fraction of sp³-hybridized carbons (Fsp3) is 0.133. The number of carbonyl (C=O) groups excluding carboxylic acids is 1. The van der Waals surface area contributed by atoms with Crippen LogP contribution in [0, 0.1) is 6.92 Å². The molecule has 5 aromatic rings. The lowest BCUT2D eigenvalue weighted by Gasteiger charge is -2.21. The first-order valence-corrected chi connectivity index (χ1v) is 13.2. The van der Waals surface area contributed by atoms with Crippen molar-refractivity contribution in [3.63, 3.8) is 0 Å². The van der Waals surface area contributed by atoms with Crippen molar-refractivity contribution in [3.8, 4) is 11.4 Å². The van der Waals surface area contributed by atoms with E-state index in [1.807, 2.05) is 61.5 Å². The van der Waals surface area contributed by atoms with Gasteiger partial charge in [-0.3, -0.25) is 9.89 Å². The number of nitrogens with zero attached hydrogens (tertiary/aromatic N) is 4. The zero-order chi connectivity index (χ0) is 25.2. The summed E-state index contributed by atoms with van der Waals surface area (Å²) in [4.78, 5) is 18.0. The molecular weight excluding hydrogens is 478 g/mol. The molecule has 0 saturated carbocycles. The molecule has 1 aliphatic rings. The zero-order valence-corrected chi connectivity index (χ0v) is 21.2. The fourth-order valence-corrected chi connectivity index (χ4v) is 5.21. The van der Waals surface area contributed by atoms with Crippen LogP contribution >= 0.6 is 11.8 Å². The van der Waals surface area contributed by atoms with Crippen LogP contribution in [0.15, 0.2) is 107 Å². The largest absolute Gasteiger partial charge is 0.272 e. The van der Waals surface area contributed by atoms with Crippen molar-refractivity contribution in [2.75, 3.05) is 5.75 Å². The lowest BCUT2D eigenvalue weighted by molar-refractivity contribution is -0.130. The average Bonchev–Trinajstić information content (AvgIpc) is 3.61. The summed E-state index contributed by atoms with van der Waals surface area (Å²) in [5.41, 5.74) is 5.17. The van der Waals surface area contributed by atoms with Crippen LogP contribution < -0.4 is 0 Å². The molecule has 7 heteroatoms. The average molecular weight is 504 g/mol. The second-order valence-corrected chi connectivity index (χ2v) is 10.0. The number of nitrogens with one attached hydrogen (secondary N) is 1. The van der Waals surface area contributed by atoms with Crippen LogP contribution in [0.4, 0.5) is 0 Å². The molecule has 0 bridgehead atoms. The first-order valence-electron chi connectivity index (χ1n) is 12.2. The first-order chi connectivity index (χ1) is 18.1. The molecule has 37 heavy (non-hydrogen) atoms. The van der Waals surface area contributed by atoms with E-state index in [0.29, 0.717) is 17.4 Å². The van der Waals surface area contributed by atoms with Gasteiger partial charge < -0.3 is 0 Å². The van der Waals surface area contributed by atoms with Gasteiger partial charge in [0.15, 0.2) is 5.82 Å². The number of aryl methyl sites for hydroxylation is 1. The lowest BCUT2D eigenvalue weighted by atomic mass is 9.97. The Hall–Kier alpha value is -4.23. The number of rotatable bonds is 6. The van der Waals surface area contributed by atoms with Crippen molar-refractivity contribution < 1.29 is 4.79 Å². The molecule has 2 heterocycles. The van der Waals surface area contributed by atoms with Crippen molar-refractivity contribution >= 4 is 34.2 Å². The van der Waals surface area contributed by atoms with Gasteiger partial charge >= 0.3 is 0 Å². The quantitative estimate of drug-likeness (QED) is 0.272. The number of aromatic amines is 1. The van der Waals surface area contributed by atoms with Gasteiger partial charge in [-0.25, -0.2) is 9.99 Å². The minimum Gasteiger partial charge on any atom is -0.272 e. The second kappa shape index (κ2) is 10.0. The summed E-state index contributed by atoms with van der Waals surface area (Å²) in [6.07, 6.45) is 0.664. The number of amides is 1. The number of hydrazone groups is 1. The number of H-pyrrole nitrogens is 1. The summed E-state index contributed by atoms with van der Waals surface area (Å²) in [5, 5.41) is 16.6. The molecule has 1 amide bonds. The highest BCUT2D eigenvalue weighted by Gasteiger charge is 2.33. The van der Waals surface area contributed by atoms with E-state index in [9.17, 15) is 4.79 Å². The van der Waals surface area contributed by atoms with Gasteiger partial charge in [0.25, 0.3) is 5.91 Å². The molecule has 0 fully saturated rings. The maximum absolute atomic E-state index is 13.4. The second-order valence-electron chi connectivity index (χ2n) is 9.10. The topological polar surface area (TPSA) is 74.2 Å². The van der Waals surface area contributed by atoms with Gasteiger partial charge in [0, 0.05) is 12.0 Å². The minimum absolute atomic E-state index is 0.0728. The van der Waals surface area contributed by atoms with Crippen LogP contribution in [0.1, 0.15) is 29.2 Å². The zero-order valence-electron chi connectivity index (χ0n) is 20.3. The Morgan fingerprint density at radius 1 is 0.919 bits per heavy atom. The third kappa shape index (κ3) is 4.90. The van der Waals surface area contributed by atoms with Crippen LogP contribution in [-0.4, -0.2) is 37.6 Å². The van der Waals surface area contributed by atoms with Crippen molar-refractivity contribution in [2.45, 2.75) is 24.5 Å². The van der Waals surface area contributed by atoms with Crippen LogP contribution in [0.25, 0.3) is 22.2 Å². The summed E-state index contributed by atoms with van der Waals surface area (Å²) >= 11 is 1.32. The maximum atomic E-state index is 13.4. The fourth-order valence-electron chi connectivity index (χ4n) is 4.56. The molecule has 0 spiro atoms. The highest BCUT2D eigenvalue weighted by atomic mass is 32.2. The predicted molar refractivity (Wildman–Crippen MR) is 148 cm³/mol. The van der Waals surface area contributed by atoms with Crippen LogP contribution in [0.3, 0.4) is 0 Å². The Labute approximate surface area is 219 Å². The predicted octanol–water partition coefficient (Wildman–Crippen LogP) is 6.40. The molecule has 6 rings (SSSR count). The maximum Gasteiger partial charge on any atom is 0.253 e. The Morgan fingerprint density at radius 2 is 1.65 bits per heavy atom. The van der Waals surface area contributed by atoms with E-state index in [2.05, 4.69) is 57.6 Å². The van der Waals surface area contributed by atoms with Crippen LogP contribution in [0.5, 0.6) is 0 Å². The Morgan fingerprint density at radius 3 is 2.46 bits per heavy atom. The van der Waals surface area contributed by atoms with E-state index in [4.69, 9.17) is 5.10 Å². The summed E-state index contributed by atoms with van der Waals surface area (Å²) in [6.45, 7) is 2.05. The third-order valence-electron chi connectivity index (χ3n) is 6.55. The molecule has 1 aromatic heterocycles. The van der Waals surface area contributed by atoms with E-state index in [-0.39, 0.29) is 17.7 Å². The van der Waals surface area contributed by atoms with Crippen molar-refractivity contribution in [1.29, 1.82) is 0 Å². The molecule has 0 unspecified atom stereocenters. The molecule has 0 aliphatic carbocycles. The van der Waals surface area contributed by atoms with E-state index in [0.717, 1.165) is 27.8 Å². The highest BCUT2D eigenvalue weighted by molar-refractivity contribution is 7.99. The Kier molecular flexibility index (Phi) is 6.28. The van der Waals surface area contributed by atoms with Crippen molar-refractivity contribution in [1.82, 2.24) is 20.2 Å². The van der Waals surface area contributed by atoms with Gasteiger partial charge in [0.05, 0.1) is 17.5 Å². The van der Waals surface area contributed by atoms with Crippen LogP contribution in [-0.2, 0) is 4.79 Å². The molecule has 4 aromatic carbocycles. The lowest BCUT2D eigenvalue weighted by Crippen LogP contribution is -2.28. The normalized spacial score (nSPS) is 15.2. The third-order valence-corrected chi connectivity index (χ3v) is 7.38. The van der Waals surface area contributed by atoms with Crippen molar-refractivity contribution in [2.24, 2.45) is 5.10 Å². The number of aromatic nitrogens is 3.